The third kappa shape index (κ3) is 1.42. The van der Waals surface area contributed by atoms with E-state index < -0.39 is 0 Å². The monoisotopic (exact) mass is 285 g/mol. The van der Waals surface area contributed by atoms with E-state index >= 15 is 0 Å². The molecule has 0 spiro atoms. The summed E-state index contributed by atoms with van der Waals surface area (Å²) in [6, 6.07) is 19.7. The van der Waals surface area contributed by atoms with E-state index in [1.54, 1.807) is 0 Å². The summed E-state index contributed by atoms with van der Waals surface area (Å²) in [5.74, 6) is 0. The number of aromatic nitrogens is 1. The van der Waals surface area contributed by atoms with E-state index in [4.69, 9.17) is 4.42 Å². The molecule has 2 heterocycles. The second-order valence-electron chi connectivity index (χ2n) is 5.50. The van der Waals surface area contributed by atoms with Crippen molar-refractivity contribution in [2.24, 2.45) is 0 Å². The molecule has 5 rings (SSSR count). The molecule has 0 bridgehead atoms. The lowest BCUT2D eigenvalue weighted by atomic mass is 10.0. The first-order valence-electron chi connectivity index (χ1n) is 7.17. The van der Waals surface area contributed by atoms with E-state index in [1.165, 1.54) is 0 Å². The highest BCUT2D eigenvalue weighted by Crippen LogP contribution is 2.31. The van der Waals surface area contributed by atoms with Crippen LogP contribution in [0.5, 0.6) is 0 Å². The molecule has 0 unspecified atom stereocenters. The number of hydrogen-bond acceptors (Lipinski definition) is 2. The van der Waals surface area contributed by atoms with E-state index in [2.05, 4.69) is 11.1 Å². The zero-order valence-corrected chi connectivity index (χ0v) is 11.6. The Kier molecular flexibility index (Phi) is 2.09. The van der Waals surface area contributed by atoms with Crippen LogP contribution in [0.4, 0.5) is 0 Å². The largest absolute Gasteiger partial charge is 0.422 e. The van der Waals surface area contributed by atoms with E-state index in [1.807, 2.05) is 54.6 Å². The molecule has 104 valence electrons. The summed E-state index contributed by atoms with van der Waals surface area (Å²) in [5, 5.41) is 4.66. The molecule has 0 saturated heterocycles. The molecule has 0 fully saturated rings. The maximum Gasteiger partial charge on any atom is 0.344 e. The fourth-order valence-corrected chi connectivity index (χ4v) is 3.22. The zero-order valence-electron chi connectivity index (χ0n) is 11.6. The Morgan fingerprint density at radius 3 is 2.36 bits per heavy atom. The summed E-state index contributed by atoms with van der Waals surface area (Å²) in [6.45, 7) is 0. The third-order valence-corrected chi connectivity index (χ3v) is 4.24. The highest BCUT2D eigenvalue weighted by molar-refractivity contribution is 6.15. The number of fused-ring (bicyclic) bond motifs is 6. The lowest BCUT2D eigenvalue weighted by molar-refractivity contribution is 0.570. The number of nitrogens with one attached hydrogen (secondary N) is 1. The first kappa shape index (κ1) is 11.6. The Morgan fingerprint density at radius 1 is 0.682 bits per heavy atom. The Balaban J connectivity index is 2.09. The maximum atomic E-state index is 12.3. The Labute approximate surface area is 124 Å². The van der Waals surface area contributed by atoms with Crippen molar-refractivity contribution in [2.75, 3.05) is 0 Å². The van der Waals surface area contributed by atoms with Crippen LogP contribution in [0.15, 0.2) is 69.9 Å². The highest BCUT2D eigenvalue weighted by atomic mass is 16.4. The molecule has 3 nitrogen and oxygen atoms in total. The first-order valence-corrected chi connectivity index (χ1v) is 7.17. The predicted molar refractivity (Wildman–Crippen MR) is 89.4 cm³/mol. The molecule has 0 radical (unpaired) electrons. The summed E-state index contributed by atoms with van der Waals surface area (Å²) >= 11 is 0. The topological polar surface area (TPSA) is 46.0 Å². The van der Waals surface area contributed by atoms with Crippen LogP contribution in [0.3, 0.4) is 0 Å². The van der Waals surface area contributed by atoms with Crippen LogP contribution in [0.1, 0.15) is 0 Å². The second kappa shape index (κ2) is 3.98. The van der Waals surface area contributed by atoms with Gasteiger partial charge in [-0.3, -0.25) is 0 Å². The van der Waals surface area contributed by atoms with Crippen molar-refractivity contribution in [3.05, 3.63) is 71.1 Å². The van der Waals surface area contributed by atoms with Crippen LogP contribution in [0.2, 0.25) is 0 Å². The highest BCUT2D eigenvalue weighted by Gasteiger charge is 2.11. The van der Waals surface area contributed by atoms with Crippen LogP contribution in [-0.4, -0.2) is 4.98 Å². The van der Waals surface area contributed by atoms with Gasteiger partial charge in [-0.15, -0.1) is 0 Å². The molecule has 2 aromatic heterocycles. The molecule has 0 atom stereocenters. The van der Waals surface area contributed by atoms with Crippen LogP contribution in [0.25, 0.3) is 43.5 Å². The van der Waals surface area contributed by atoms with Crippen molar-refractivity contribution in [3.63, 3.8) is 0 Å². The summed E-state index contributed by atoms with van der Waals surface area (Å²) in [6.07, 6.45) is 0. The van der Waals surface area contributed by atoms with Gasteiger partial charge in [-0.2, -0.15) is 0 Å². The second-order valence-corrected chi connectivity index (χ2v) is 5.50. The van der Waals surface area contributed by atoms with Gasteiger partial charge in [0.05, 0.1) is 5.39 Å². The Bertz CT molecular complexity index is 1240. The van der Waals surface area contributed by atoms with E-state index in [-0.39, 0.29) is 5.63 Å². The molecule has 3 heteroatoms. The Hall–Kier alpha value is -3.07. The number of benzene rings is 3. The smallest absolute Gasteiger partial charge is 0.344 e. The average Bonchev–Trinajstić information content (AvgIpc) is 2.91. The van der Waals surface area contributed by atoms with Crippen molar-refractivity contribution >= 4 is 43.5 Å². The minimum atomic E-state index is -0.291. The van der Waals surface area contributed by atoms with Crippen LogP contribution < -0.4 is 5.63 Å². The summed E-state index contributed by atoms with van der Waals surface area (Å²) in [7, 11) is 0. The van der Waals surface area contributed by atoms with Crippen molar-refractivity contribution in [3.8, 4) is 0 Å². The number of para-hydroxylation sites is 2. The van der Waals surface area contributed by atoms with Crippen molar-refractivity contribution in [2.45, 2.75) is 0 Å². The molecule has 0 aliphatic carbocycles. The Morgan fingerprint density at radius 2 is 1.45 bits per heavy atom. The lowest BCUT2D eigenvalue weighted by Gasteiger charge is -2.02. The molecule has 0 aliphatic heterocycles. The minimum Gasteiger partial charge on any atom is -0.422 e. The van der Waals surface area contributed by atoms with Gasteiger partial charge in [0.25, 0.3) is 0 Å². The number of H-pyrrole nitrogens is 1. The van der Waals surface area contributed by atoms with Gasteiger partial charge in [0.2, 0.25) is 0 Å². The van der Waals surface area contributed by atoms with Gasteiger partial charge in [-0.1, -0.05) is 36.4 Å². The predicted octanol–water partition coefficient (Wildman–Crippen LogP) is 4.58. The fourth-order valence-electron chi connectivity index (χ4n) is 3.22. The molecule has 0 aliphatic rings. The van der Waals surface area contributed by atoms with E-state index in [9.17, 15) is 4.79 Å². The third-order valence-electron chi connectivity index (χ3n) is 4.24. The first-order chi connectivity index (χ1) is 10.8. The van der Waals surface area contributed by atoms with Crippen molar-refractivity contribution in [1.29, 1.82) is 0 Å². The van der Waals surface area contributed by atoms with Gasteiger partial charge < -0.3 is 9.40 Å². The molecule has 22 heavy (non-hydrogen) atoms. The fraction of sp³-hybridized carbons (Fsp3) is 0. The minimum absolute atomic E-state index is 0.291. The molecule has 0 amide bonds. The molecule has 3 aromatic carbocycles. The molecular formula is C19H11NO2. The van der Waals surface area contributed by atoms with E-state index in [0.29, 0.717) is 11.0 Å². The van der Waals surface area contributed by atoms with Gasteiger partial charge in [0.15, 0.2) is 0 Å². The lowest BCUT2D eigenvalue weighted by Crippen LogP contribution is -1.99. The number of aromatic amines is 1. The van der Waals surface area contributed by atoms with Crippen LogP contribution in [-0.2, 0) is 0 Å². The number of hydrogen-bond donors (Lipinski definition) is 1. The summed E-state index contributed by atoms with van der Waals surface area (Å²) in [5.41, 5.74) is 2.43. The van der Waals surface area contributed by atoms with Gasteiger partial charge >= 0.3 is 5.63 Å². The molecule has 1 N–H and O–H groups in total. The van der Waals surface area contributed by atoms with Gasteiger partial charge in [-0.05, 0) is 24.3 Å². The van der Waals surface area contributed by atoms with Gasteiger partial charge in [0.1, 0.15) is 5.58 Å². The molecule has 0 saturated carbocycles. The van der Waals surface area contributed by atoms with Crippen molar-refractivity contribution in [1.82, 2.24) is 4.98 Å². The van der Waals surface area contributed by atoms with Crippen LogP contribution in [0, 0.1) is 0 Å². The molecular weight excluding hydrogens is 274 g/mol. The maximum absolute atomic E-state index is 12.3. The number of rotatable bonds is 0. The van der Waals surface area contributed by atoms with Gasteiger partial charge in [0, 0.05) is 32.6 Å². The summed E-state index contributed by atoms with van der Waals surface area (Å²) in [4.78, 5) is 15.7. The summed E-state index contributed by atoms with van der Waals surface area (Å²) < 4.78 is 5.45. The zero-order chi connectivity index (χ0) is 14.7. The van der Waals surface area contributed by atoms with Crippen LogP contribution >= 0.6 is 0 Å². The molecule has 5 aromatic rings. The standard InChI is InChI=1S/C19H11NO2/c21-19-15-9-14-11-5-1-3-7-16(11)20-17(14)10-13(15)12-6-2-4-8-18(12)22-19/h1-10,20H. The van der Waals surface area contributed by atoms with Crippen molar-refractivity contribution < 1.29 is 4.42 Å². The SMILES string of the molecule is O=c1oc2ccccc2c2cc3[nH]c4ccccc4c3cc12. The normalized spacial score (nSPS) is 11.8. The van der Waals surface area contributed by atoms with E-state index in [0.717, 1.165) is 32.6 Å². The van der Waals surface area contributed by atoms with Gasteiger partial charge in [-0.25, -0.2) is 4.79 Å². The average molecular weight is 285 g/mol. The quantitative estimate of drug-likeness (QED) is 0.334.